The normalized spacial score (nSPS) is 9.88. The van der Waals surface area contributed by atoms with Crippen LogP contribution in [0.3, 0.4) is 0 Å². The van der Waals surface area contributed by atoms with Crippen molar-refractivity contribution in [2.24, 2.45) is 7.05 Å². The Balaban J connectivity index is 2.38. The fourth-order valence-electron chi connectivity index (χ4n) is 1.69. The first-order chi connectivity index (χ1) is 8.15. The molecule has 2 aromatic heterocycles. The van der Waals surface area contributed by atoms with Gasteiger partial charge in [-0.05, 0) is 13.0 Å². The molecule has 6 nitrogen and oxygen atoms in total. The molecule has 6 heteroatoms. The number of rotatable bonds is 2. The molecule has 0 atom stereocenters. The molecule has 0 aliphatic heterocycles. The second-order valence-electron chi connectivity index (χ2n) is 3.69. The van der Waals surface area contributed by atoms with Crippen molar-refractivity contribution < 1.29 is 0 Å². The molecule has 0 radical (unpaired) electrons. The van der Waals surface area contributed by atoms with Crippen molar-refractivity contribution in [2.75, 3.05) is 0 Å². The minimum atomic E-state index is 0.159. The number of hydrogen-bond donors (Lipinski definition) is 0. The molecule has 84 valence electrons. The van der Waals surface area contributed by atoms with Crippen molar-refractivity contribution in [3.05, 3.63) is 35.2 Å². The molecule has 0 fully saturated rings. The molecular formula is C11H10N6. The predicted molar refractivity (Wildman–Crippen MR) is 58.7 cm³/mol. The summed E-state index contributed by atoms with van der Waals surface area (Å²) < 4.78 is 3.40. The number of nitriles is 2. The van der Waals surface area contributed by atoms with Gasteiger partial charge in [-0.2, -0.15) is 15.6 Å². The lowest BCUT2D eigenvalue weighted by atomic mass is 10.3. The molecule has 2 aromatic rings. The molecule has 0 amide bonds. The van der Waals surface area contributed by atoms with Crippen LogP contribution < -0.4 is 0 Å². The SMILES string of the molecule is Cc1cc(Cn2cnc(C#N)c2C#N)n(C)n1. The lowest BCUT2D eigenvalue weighted by Crippen LogP contribution is -2.06. The average Bonchev–Trinajstić information content (AvgIpc) is 2.83. The van der Waals surface area contributed by atoms with Gasteiger partial charge < -0.3 is 4.57 Å². The molecule has 2 heterocycles. The molecule has 0 spiro atoms. The Kier molecular flexibility index (Phi) is 2.63. The average molecular weight is 226 g/mol. The summed E-state index contributed by atoms with van der Waals surface area (Å²) in [6, 6.07) is 5.82. The van der Waals surface area contributed by atoms with E-state index < -0.39 is 0 Å². The van der Waals surface area contributed by atoms with Crippen LogP contribution in [0.1, 0.15) is 22.8 Å². The number of hydrogen-bond acceptors (Lipinski definition) is 4. The van der Waals surface area contributed by atoms with Crippen LogP contribution in [-0.4, -0.2) is 19.3 Å². The maximum atomic E-state index is 8.99. The van der Waals surface area contributed by atoms with Gasteiger partial charge in [0.1, 0.15) is 12.1 Å². The van der Waals surface area contributed by atoms with Crippen molar-refractivity contribution in [3.63, 3.8) is 0 Å². The zero-order chi connectivity index (χ0) is 12.4. The van der Waals surface area contributed by atoms with Gasteiger partial charge >= 0.3 is 0 Å². The summed E-state index contributed by atoms with van der Waals surface area (Å²) in [6.45, 7) is 2.39. The Hall–Kier alpha value is -2.60. The van der Waals surface area contributed by atoms with Crippen molar-refractivity contribution in [3.8, 4) is 12.1 Å². The molecule has 0 aliphatic rings. The van der Waals surface area contributed by atoms with Gasteiger partial charge in [0.15, 0.2) is 11.4 Å². The molecular weight excluding hydrogens is 216 g/mol. The molecule has 0 aromatic carbocycles. The first-order valence-electron chi connectivity index (χ1n) is 5.00. The Morgan fingerprint density at radius 3 is 2.65 bits per heavy atom. The van der Waals surface area contributed by atoms with Gasteiger partial charge in [-0.25, -0.2) is 4.98 Å². The van der Waals surface area contributed by atoms with Crippen LogP contribution in [0.2, 0.25) is 0 Å². The number of nitrogens with zero attached hydrogens (tertiary/aromatic N) is 6. The summed E-state index contributed by atoms with van der Waals surface area (Å²) in [5, 5.41) is 22.0. The summed E-state index contributed by atoms with van der Waals surface area (Å²) in [6.07, 6.45) is 1.50. The topological polar surface area (TPSA) is 83.2 Å². The highest BCUT2D eigenvalue weighted by Gasteiger charge is 2.11. The Bertz CT molecular complexity index is 634. The molecule has 0 aliphatic carbocycles. The lowest BCUT2D eigenvalue weighted by Gasteiger charge is -2.03. The Morgan fingerprint density at radius 2 is 2.12 bits per heavy atom. The standard InChI is InChI=1S/C11H10N6/c1-8-3-9(16(2)15-8)6-17-7-14-10(4-12)11(17)5-13/h3,7H,6H2,1-2H3. The van der Waals surface area contributed by atoms with E-state index >= 15 is 0 Å². The van der Waals surface area contributed by atoms with Gasteiger partial charge in [-0.3, -0.25) is 4.68 Å². The third-order valence-electron chi connectivity index (χ3n) is 2.48. The fraction of sp³-hybridized carbons (Fsp3) is 0.273. The number of aromatic nitrogens is 4. The fourth-order valence-corrected chi connectivity index (χ4v) is 1.69. The van der Waals surface area contributed by atoms with E-state index in [-0.39, 0.29) is 11.4 Å². The number of aryl methyl sites for hydroxylation is 2. The lowest BCUT2D eigenvalue weighted by molar-refractivity contribution is 0.660. The van der Waals surface area contributed by atoms with Crippen LogP contribution in [0.5, 0.6) is 0 Å². The van der Waals surface area contributed by atoms with Crippen LogP contribution in [0.25, 0.3) is 0 Å². The van der Waals surface area contributed by atoms with E-state index in [0.717, 1.165) is 11.4 Å². The molecule has 0 bridgehead atoms. The third-order valence-corrected chi connectivity index (χ3v) is 2.48. The minimum absolute atomic E-state index is 0.159. The first kappa shape index (κ1) is 10.9. The first-order valence-corrected chi connectivity index (χ1v) is 5.00. The highest BCUT2D eigenvalue weighted by molar-refractivity contribution is 5.36. The number of imidazole rings is 1. The summed E-state index contributed by atoms with van der Waals surface area (Å²) in [5.41, 5.74) is 2.32. The van der Waals surface area contributed by atoms with Gasteiger partial charge in [0.25, 0.3) is 0 Å². The van der Waals surface area contributed by atoms with Crippen LogP contribution in [0.15, 0.2) is 12.4 Å². The highest BCUT2D eigenvalue weighted by Crippen LogP contribution is 2.09. The van der Waals surface area contributed by atoms with E-state index in [1.54, 1.807) is 9.25 Å². The zero-order valence-electron chi connectivity index (χ0n) is 9.55. The summed E-state index contributed by atoms with van der Waals surface area (Å²) in [4.78, 5) is 3.89. The van der Waals surface area contributed by atoms with E-state index in [1.165, 1.54) is 6.33 Å². The maximum absolute atomic E-state index is 8.99. The van der Waals surface area contributed by atoms with E-state index in [9.17, 15) is 0 Å². The summed E-state index contributed by atoms with van der Waals surface area (Å²) in [7, 11) is 1.84. The molecule has 2 rings (SSSR count). The van der Waals surface area contributed by atoms with Gasteiger partial charge in [0, 0.05) is 7.05 Å². The quantitative estimate of drug-likeness (QED) is 0.755. The molecule has 17 heavy (non-hydrogen) atoms. The van der Waals surface area contributed by atoms with E-state index in [0.29, 0.717) is 6.54 Å². The van der Waals surface area contributed by atoms with Crippen molar-refractivity contribution >= 4 is 0 Å². The highest BCUT2D eigenvalue weighted by atomic mass is 15.3. The van der Waals surface area contributed by atoms with Crippen LogP contribution in [0, 0.1) is 29.6 Å². The van der Waals surface area contributed by atoms with E-state index in [2.05, 4.69) is 10.1 Å². The molecule has 0 unspecified atom stereocenters. The largest absolute Gasteiger partial charge is 0.315 e. The third kappa shape index (κ3) is 1.88. The van der Waals surface area contributed by atoms with E-state index in [1.807, 2.05) is 32.2 Å². The maximum Gasteiger partial charge on any atom is 0.176 e. The molecule has 0 N–H and O–H groups in total. The van der Waals surface area contributed by atoms with Gasteiger partial charge in [0.05, 0.1) is 24.3 Å². The monoisotopic (exact) mass is 226 g/mol. The van der Waals surface area contributed by atoms with Gasteiger partial charge in [0.2, 0.25) is 0 Å². The van der Waals surface area contributed by atoms with Crippen LogP contribution in [0.4, 0.5) is 0 Å². The van der Waals surface area contributed by atoms with E-state index in [4.69, 9.17) is 10.5 Å². The van der Waals surface area contributed by atoms with Gasteiger partial charge in [-0.1, -0.05) is 0 Å². The van der Waals surface area contributed by atoms with Crippen molar-refractivity contribution in [1.82, 2.24) is 19.3 Å². The summed E-state index contributed by atoms with van der Waals surface area (Å²) in [5.74, 6) is 0. The van der Waals surface area contributed by atoms with Crippen LogP contribution >= 0.6 is 0 Å². The second-order valence-corrected chi connectivity index (χ2v) is 3.69. The molecule has 0 saturated heterocycles. The van der Waals surface area contributed by atoms with Crippen molar-refractivity contribution in [1.29, 1.82) is 10.5 Å². The minimum Gasteiger partial charge on any atom is -0.315 e. The van der Waals surface area contributed by atoms with Crippen molar-refractivity contribution in [2.45, 2.75) is 13.5 Å². The molecule has 0 saturated carbocycles. The zero-order valence-corrected chi connectivity index (χ0v) is 9.55. The Morgan fingerprint density at radius 1 is 1.35 bits per heavy atom. The predicted octanol–water partition coefficient (Wildman–Crippen LogP) is 0.717. The summed E-state index contributed by atoms with van der Waals surface area (Å²) >= 11 is 0. The van der Waals surface area contributed by atoms with Crippen LogP contribution in [-0.2, 0) is 13.6 Å². The Labute approximate surface area is 98.3 Å². The second kappa shape index (κ2) is 4.11. The van der Waals surface area contributed by atoms with Gasteiger partial charge in [-0.15, -0.1) is 0 Å². The smallest absolute Gasteiger partial charge is 0.176 e.